The van der Waals surface area contributed by atoms with E-state index in [1.807, 2.05) is 30.6 Å². The van der Waals surface area contributed by atoms with Crippen molar-refractivity contribution in [2.45, 2.75) is 26.9 Å². The Labute approximate surface area is 152 Å². The topological polar surface area (TPSA) is 68.5 Å². The number of nitrogens with one attached hydrogen (secondary N) is 1. The number of anilines is 1. The zero-order chi connectivity index (χ0) is 17.9. The molecule has 0 aliphatic heterocycles. The number of rotatable bonds is 5. The minimum absolute atomic E-state index is 0.673. The van der Waals surface area contributed by atoms with E-state index in [4.69, 9.17) is 0 Å². The lowest BCUT2D eigenvalue weighted by molar-refractivity contribution is 0.786. The monoisotopic (exact) mass is 344 g/mol. The molecule has 0 saturated heterocycles. The van der Waals surface area contributed by atoms with Gasteiger partial charge in [-0.15, -0.1) is 0 Å². The number of pyridine rings is 2. The van der Waals surface area contributed by atoms with Crippen molar-refractivity contribution in [2.75, 3.05) is 5.32 Å². The Hall–Kier alpha value is -3.28. The Kier molecular flexibility index (Phi) is 4.31. The van der Waals surface area contributed by atoms with Crippen LogP contribution in [0.5, 0.6) is 0 Å². The standard InChI is InChI=1S/C20H20N6/c1-14-15(2)26(12-17-6-4-8-22-10-17)20-18(14)19(24-13-25-20)23-11-16-5-3-7-21-9-16/h3-10,13H,11-12H2,1-2H3,(H,23,24,25). The lowest BCUT2D eigenvalue weighted by Crippen LogP contribution is -2.05. The van der Waals surface area contributed by atoms with Crippen LogP contribution in [0.3, 0.4) is 0 Å². The lowest BCUT2D eigenvalue weighted by atomic mass is 10.2. The van der Waals surface area contributed by atoms with Gasteiger partial charge in [-0.3, -0.25) is 9.97 Å². The molecule has 0 aliphatic carbocycles. The summed E-state index contributed by atoms with van der Waals surface area (Å²) in [4.78, 5) is 17.4. The van der Waals surface area contributed by atoms with Gasteiger partial charge in [-0.05, 0) is 42.7 Å². The fourth-order valence-electron chi connectivity index (χ4n) is 3.16. The summed E-state index contributed by atoms with van der Waals surface area (Å²) in [6.45, 7) is 5.66. The highest BCUT2D eigenvalue weighted by Crippen LogP contribution is 2.29. The molecule has 0 saturated carbocycles. The van der Waals surface area contributed by atoms with Gasteiger partial charge in [0.2, 0.25) is 0 Å². The van der Waals surface area contributed by atoms with Crippen molar-refractivity contribution in [3.8, 4) is 0 Å². The summed E-state index contributed by atoms with van der Waals surface area (Å²) >= 11 is 0. The number of hydrogen-bond acceptors (Lipinski definition) is 5. The maximum absolute atomic E-state index is 4.55. The summed E-state index contributed by atoms with van der Waals surface area (Å²) in [7, 11) is 0. The molecule has 0 aromatic carbocycles. The lowest BCUT2D eigenvalue weighted by Gasteiger charge is -2.09. The molecule has 4 rings (SSSR count). The highest BCUT2D eigenvalue weighted by molar-refractivity contribution is 5.91. The summed E-state index contributed by atoms with van der Waals surface area (Å²) in [5, 5.41) is 4.50. The van der Waals surface area contributed by atoms with Crippen LogP contribution >= 0.6 is 0 Å². The average Bonchev–Trinajstić information content (AvgIpc) is 2.93. The molecule has 0 amide bonds. The molecule has 0 unspecified atom stereocenters. The molecule has 0 radical (unpaired) electrons. The normalized spacial score (nSPS) is 11.0. The van der Waals surface area contributed by atoms with Gasteiger partial charge in [-0.2, -0.15) is 0 Å². The number of aromatic nitrogens is 5. The van der Waals surface area contributed by atoms with E-state index in [1.165, 1.54) is 11.3 Å². The maximum atomic E-state index is 4.55. The molecule has 0 bridgehead atoms. The fraction of sp³-hybridized carbons (Fsp3) is 0.200. The van der Waals surface area contributed by atoms with Gasteiger partial charge < -0.3 is 9.88 Å². The van der Waals surface area contributed by atoms with Gasteiger partial charge >= 0.3 is 0 Å². The van der Waals surface area contributed by atoms with E-state index in [0.29, 0.717) is 6.54 Å². The summed E-state index contributed by atoms with van der Waals surface area (Å²) in [6.07, 6.45) is 8.93. The van der Waals surface area contributed by atoms with E-state index < -0.39 is 0 Å². The number of aryl methyl sites for hydroxylation is 1. The minimum atomic E-state index is 0.673. The van der Waals surface area contributed by atoms with Crippen molar-refractivity contribution >= 4 is 16.9 Å². The second kappa shape index (κ2) is 6.92. The Bertz CT molecular complexity index is 1020. The molecule has 0 spiro atoms. The van der Waals surface area contributed by atoms with Crippen molar-refractivity contribution in [1.82, 2.24) is 24.5 Å². The van der Waals surface area contributed by atoms with E-state index in [0.717, 1.165) is 34.5 Å². The molecule has 6 nitrogen and oxygen atoms in total. The van der Waals surface area contributed by atoms with E-state index in [2.05, 4.69) is 49.7 Å². The number of hydrogen-bond donors (Lipinski definition) is 1. The molecule has 6 heteroatoms. The van der Waals surface area contributed by atoms with Crippen molar-refractivity contribution < 1.29 is 0 Å². The van der Waals surface area contributed by atoms with Crippen molar-refractivity contribution in [3.05, 3.63) is 77.8 Å². The van der Waals surface area contributed by atoms with Crippen LogP contribution in [-0.4, -0.2) is 24.5 Å². The van der Waals surface area contributed by atoms with E-state index >= 15 is 0 Å². The molecular weight excluding hydrogens is 324 g/mol. The van der Waals surface area contributed by atoms with Gasteiger partial charge in [0.25, 0.3) is 0 Å². The summed E-state index contributed by atoms with van der Waals surface area (Å²) in [6, 6.07) is 8.02. The molecule has 26 heavy (non-hydrogen) atoms. The SMILES string of the molecule is Cc1c(C)n(Cc2cccnc2)c2ncnc(NCc3cccnc3)c12. The first-order valence-electron chi connectivity index (χ1n) is 8.56. The van der Waals surface area contributed by atoms with Crippen molar-refractivity contribution in [2.24, 2.45) is 0 Å². The van der Waals surface area contributed by atoms with Crippen LogP contribution in [0.4, 0.5) is 5.82 Å². The van der Waals surface area contributed by atoms with E-state index in [9.17, 15) is 0 Å². The average molecular weight is 344 g/mol. The predicted octanol–water partition coefficient (Wildman–Crippen LogP) is 3.50. The molecule has 4 heterocycles. The summed E-state index contributed by atoms with van der Waals surface area (Å²) in [5.74, 6) is 0.851. The van der Waals surface area contributed by atoms with Crippen LogP contribution < -0.4 is 5.32 Å². The molecule has 0 atom stereocenters. The van der Waals surface area contributed by atoms with Gasteiger partial charge in [-0.1, -0.05) is 12.1 Å². The van der Waals surface area contributed by atoms with Gasteiger partial charge in [-0.25, -0.2) is 9.97 Å². The highest BCUT2D eigenvalue weighted by Gasteiger charge is 2.16. The molecule has 130 valence electrons. The van der Waals surface area contributed by atoms with Crippen LogP contribution in [0.2, 0.25) is 0 Å². The Morgan fingerprint density at radius 2 is 1.69 bits per heavy atom. The first-order valence-corrected chi connectivity index (χ1v) is 8.56. The molecular formula is C20H20N6. The molecule has 4 aromatic heterocycles. The minimum Gasteiger partial charge on any atom is -0.365 e. The zero-order valence-corrected chi connectivity index (χ0v) is 14.8. The molecule has 1 N–H and O–H groups in total. The van der Waals surface area contributed by atoms with Crippen LogP contribution in [0.1, 0.15) is 22.4 Å². The largest absolute Gasteiger partial charge is 0.365 e. The summed E-state index contributed by atoms with van der Waals surface area (Å²) in [5.41, 5.74) is 5.58. The van der Waals surface area contributed by atoms with Gasteiger partial charge in [0.05, 0.1) is 11.9 Å². The van der Waals surface area contributed by atoms with Crippen LogP contribution in [0.15, 0.2) is 55.4 Å². The number of fused-ring (bicyclic) bond motifs is 1. The quantitative estimate of drug-likeness (QED) is 0.600. The maximum Gasteiger partial charge on any atom is 0.146 e. The van der Waals surface area contributed by atoms with Crippen LogP contribution in [-0.2, 0) is 13.1 Å². The van der Waals surface area contributed by atoms with Gasteiger partial charge in [0.15, 0.2) is 0 Å². The highest BCUT2D eigenvalue weighted by atomic mass is 15.1. The summed E-state index contributed by atoms with van der Waals surface area (Å²) < 4.78 is 2.22. The van der Waals surface area contributed by atoms with E-state index in [1.54, 1.807) is 18.7 Å². The second-order valence-corrected chi connectivity index (χ2v) is 6.29. The Balaban J connectivity index is 1.71. The molecule has 0 fully saturated rings. The Morgan fingerprint density at radius 3 is 2.38 bits per heavy atom. The van der Waals surface area contributed by atoms with E-state index in [-0.39, 0.29) is 0 Å². The van der Waals surface area contributed by atoms with Crippen molar-refractivity contribution in [1.29, 1.82) is 0 Å². The smallest absolute Gasteiger partial charge is 0.146 e. The van der Waals surface area contributed by atoms with Gasteiger partial charge in [0, 0.05) is 37.0 Å². The van der Waals surface area contributed by atoms with Crippen LogP contribution in [0.25, 0.3) is 11.0 Å². The van der Waals surface area contributed by atoms with Crippen molar-refractivity contribution in [3.63, 3.8) is 0 Å². The predicted molar refractivity (Wildman–Crippen MR) is 102 cm³/mol. The third-order valence-electron chi connectivity index (χ3n) is 4.65. The first-order chi connectivity index (χ1) is 12.7. The zero-order valence-electron chi connectivity index (χ0n) is 14.8. The number of nitrogens with zero attached hydrogens (tertiary/aromatic N) is 5. The molecule has 0 aliphatic rings. The first kappa shape index (κ1) is 16.2. The molecule has 4 aromatic rings. The van der Waals surface area contributed by atoms with Crippen LogP contribution in [0, 0.1) is 13.8 Å². The third kappa shape index (κ3) is 3.01. The van der Waals surface area contributed by atoms with Gasteiger partial charge in [0.1, 0.15) is 17.8 Å². The fourth-order valence-corrected chi connectivity index (χ4v) is 3.16. The Morgan fingerprint density at radius 1 is 0.962 bits per heavy atom. The third-order valence-corrected chi connectivity index (χ3v) is 4.65. The second-order valence-electron chi connectivity index (χ2n) is 6.29.